The molecule has 0 saturated carbocycles. The first-order valence-corrected chi connectivity index (χ1v) is 6.94. The average molecular weight is 332 g/mol. The van der Waals surface area contributed by atoms with Gasteiger partial charge in [-0.2, -0.15) is 0 Å². The van der Waals surface area contributed by atoms with Crippen LogP contribution in [0, 0.1) is 0 Å². The van der Waals surface area contributed by atoms with Crippen molar-refractivity contribution in [2.45, 2.75) is 38.0 Å². The van der Waals surface area contributed by atoms with Crippen LogP contribution in [0.2, 0.25) is 0 Å². The Labute approximate surface area is 133 Å². The van der Waals surface area contributed by atoms with Crippen LogP contribution in [0.25, 0.3) is 0 Å². The molecule has 0 aromatic carbocycles. The van der Waals surface area contributed by atoms with E-state index < -0.39 is 42.5 Å². The van der Waals surface area contributed by atoms with E-state index in [2.05, 4.69) is 15.6 Å². The number of carboxylic acids is 1. The Kier molecular flexibility index (Phi) is 9.27. The van der Waals surface area contributed by atoms with E-state index >= 15 is 0 Å². The van der Waals surface area contributed by atoms with Crippen molar-refractivity contribution in [3.05, 3.63) is 0 Å². The first-order chi connectivity index (χ1) is 10.6. The SMILES string of the molecule is CC(O)C(N)C(=O)NC(CCCN=C(N)N)C(=O)NCC(=O)O. The number of carboxylic acid groups (broad SMARTS) is 1. The van der Waals surface area contributed by atoms with E-state index in [1.54, 1.807) is 0 Å². The molecule has 0 bridgehead atoms. The Bertz CT molecular complexity index is 449. The topological polar surface area (TPSA) is 206 Å². The number of carbonyl (C=O) groups is 3. The van der Waals surface area contributed by atoms with E-state index in [1.807, 2.05) is 0 Å². The molecule has 0 aliphatic carbocycles. The van der Waals surface area contributed by atoms with Gasteiger partial charge in [-0.15, -0.1) is 0 Å². The lowest BCUT2D eigenvalue weighted by Crippen LogP contribution is -2.54. The van der Waals surface area contributed by atoms with E-state index in [0.717, 1.165) is 0 Å². The van der Waals surface area contributed by atoms with Crippen molar-refractivity contribution >= 4 is 23.7 Å². The lowest BCUT2D eigenvalue weighted by Gasteiger charge is -2.21. The second-order valence-corrected chi connectivity index (χ2v) is 4.89. The number of nitrogens with one attached hydrogen (secondary N) is 2. The third kappa shape index (κ3) is 9.26. The molecule has 0 aliphatic heterocycles. The number of aliphatic hydroxyl groups is 1. The molecule has 2 amide bonds. The van der Waals surface area contributed by atoms with Crippen LogP contribution < -0.4 is 27.8 Å². The summed E-state index contributed by atoms with van der Waals surface area (Å²) in [7, 11) is 0. The molecule has 132 valence electrons. The standard InChI is InChI=1S/C12H24N6O5/c1-6(19)9(13)11(23)18-7(3-2-4-16-12(14)15)10(22)17-5-8(20)21/h6-7,9,19H,2-5,13H2,1H3,(H,17,22)(H,18,23)(H,20,21)(H4,14,15,16). The Morgan fingerprint density at radius 1 is 1.22 bits per heavy atom. The van der Waals surface area contributed by atoms with Gasteiger partial charge in [0.05, 0.1) is 6.10 Å². The third-order valence-corrected chi connectivity index (χ3v) is 2.81. The van der Waals surface area contributed by atoms with Gasteiger partial charge in [-0.3, -0.25) is 19.4 Å². The first kappa shape index (κ1) is 20.6. The Hall–Kier alpha value is -2.40. The van der Waals surface area contributed by atoms with E-state index in [0.29, 0.717) is 6.42 Å². The number of aliphatic hydroxyl groups excluding tert-OH is 1. The van der Waals surface area contributed by atoms with Gasteiger partial charge in [0.25, 0.3) is 0 Å². The largest absolute Gasteiger partial charge is 0.480 e. The predicted octanol–water partition coefficient (Wildman–Crippen LogP) is -3.57. The Morgan fingerprint density at radius 2 is 1.83 bits per heavy atom. The molecule has 3 unspecified atom stereocenters. The normalized spacial score (nSPS) is 14.2. The molecule has 10 N–H and O–H groups in total. The molecule has 0 saturated heterocycles. The van der Waals surface area contributed by atoms with Crippen molar-refractivity contribution in [3.63, 3.8) is 0 Å². The number of amides is 2. The van der Waals surface area contributed by atoms with Crippen LogP contribution in [0.15, 0.2) is 4.99 Å². The van der Waals surface area contributed by atoms with E-state index in [9.17, 15) is 19.5 Å². The minimum atomic E-state index is -1.22. The maximum atomic E-state index is 11.9. The summed E-state index contributed by atoms with van der Waals surface area (Å²) in [6.07, 6.45) is -0.562. The summed E-state index contributed by atoms with van der Waals surface area (Å²) in [6, 6.07) is -2.22. The number of aliphatic carboxylic acids is 1. The Morgan fingerprint density at radius 3 is 2.30 bits per heavy atom. The Balaban J connectivity index is 4.71. The van der Waals surface area contributed by atoms with Crippen molar-refractivity contribution in [1.82, 2.24) is 10.6 Å². The minimum absolute atomic E-state index is 0.1000. The molecular formula is C12H24N6O5. The van der Waals surface area contributed by atoms with E-state index in [1.165, 1.54) is 6.92 Å². The highest BCUT2D eigenvalue weighted by Crippen LogP contribution is 2.00. The zero-order chi connectivity index (χ0) is 18.0. The molecule has 0 rings (SSSR count). The van der Waals surface area contributed by atoms with Gasteiger partial charge in [-0.05, 0) is 19.8 Å². The lowest BCUT2D eigenvalue weighted by atomic mass is 10.1. The monoisotopic (exact) mass is 332 g/mol. The molecule has 0 fully saturated rings. The smallest absolute Gasteiger partial charge is 0.322 e. The van der Waals surface area contributed by atoms with Gasteiger partial charge in [0.15, 0.2) is 5.96 Å². The van der Waals surface area contributed by atoms with Gasteiger partial charge in [0.2, 0.25) is 11.8 Å². The van der Waals surface area contributed by atoms with Crippen LogP contribution in [0.5, 0.6) is 0 Å². The molecule has 0 spiro atoms. The molecule has 11 heteroatoms. The first-order valence-electron chi connectivity index (χ1n) is 6.94. The summed E-state index contributed by atoms with van der Waals surface area (Å²) >= 11 is 0. The van der Waals surface area contributed by atoms with Crippen LogP contribution >= 0.6 is 0 Å². The van der Waals surface area contributed by atoms with Crippen LogP contribution in [0.3, 0.4) is 0 Å². The van der Waals surface area contributed by atoms with E-state index in [-0.39, 0.29) is 18.9 Å². The van der Waals surface area contributed by atoms with Gasteiger partial charge in [-0.1, -0.05) is 0 Å². The highest BCUT2D eigenvalue weighted by molar-refractivity contribution is 5.91. The summed E-state index contributed by atoms with van der Waals surface area (Å²) < 4.78 is 0. The fraction of sp³-hybridized carbons (Fsp3) is 0.667. The fourth-order valence-corrected chi connectivity index (χ4v) is 1.55. The molecule has 0 aliphatic rings. The number of rotatable bonds is 10. The number of hydrogen-bond donors (Lipinski definition) is 7. The summed E-state index contributed by atoms with van der Waals surface area (Å²) in [5.41, 5.74) is 15.8. The molecule has 23 heavy (non-hydrogen) atoms. The maximum Gasteiger partial charge on any atom is 0.322 e. The molecule has 0 heterocycles. The van der Waals surface area contributed by atoms with Crippen molar-refractivity contribution in [2.75, 3.05) is 13.1 Å². The van der Waals surface area contributed by atoms with Crippen molar-refractivity contribution < 1.29 is 24.6 Å². The average Bonchev–Trinajstić information content (AvgIpc) is 2.46. The van der Waals surface area contributed by atoms with Gasteiger partial charge in [0, 0.05) is 6.54 Å². The summed E-state index contributed by atoms with van der Waals surface area (Å²) in [5.74, 6) is -2.72. The number of carbonyl (C=O) groups excluding carboxylic acids is 2. The number of nitrogens with zero attached hydrogens (tertiary/aromatic N) is 1. The zero-order valence-electron chi connectivity index (χ0n) is 12.9. The molecule has 0 aromatic heterocycles. The van der Waals surface area contributed by atoms with Gasteiger partial charge in [-0.25, -0.2) is 0 Å². The van der Waals surface area contributed by atoms with E-state index in [4.69, 9.17) is 22.3 Å². The number of aliphatic imine (C=N–C) groups is 1. The van der Waals surface area contributed by atoms with Gasteiger partial charge >= 0.3 is 5.97 Å². The van der Waals surface area contributed by atoms with Crippen LogP contribution in [-0.4, -0.2) is 65.2 Å². The molecule has 0 radical (unpaired) electrons. The highest BCUT2D eigenvalue weighted by atomic mass is 16.4. The maximum absolute atomic E-state index is 11.9. The van der Waals surface area contributed by atoms with Gasteiger partial charge in [0.1, 0.15) is 18.6 Å². The van der Waals surface area contributed by atoms with Gasteiger partial charge < -0.3 is 38.0 Å². The number of guanidine groups is 1. The van der Waals surface area contributed by atoms with Crippen molar-refractivity contribution in [3.8, 4) is 0 Å². The summed E-state index contributed by atoms with van der Waals surface area (Å²) in [6.45, 7) is 0.993. The minimum Gasteiger partial charge on any atom is -0.480 e. The zero-order valence-corrected chi connectivity index (χ0v) is 12.9. The second-order valence-electron chi connectivity index (χ2n) is 4.89. The summed E-state index contributed by atoms with van der Waals surface area (Å²) in [5, 5.41) is 22.4. The van der Waals surface area contributed by atoms with Crippen LogP contribution in [0.1, 0.15) is 19.8 Å². The number of nitrogens with two attached hydrogens (primary N) is 3. The summed E-state index contributed by atoms with van der Waals surface area (Å²) in [4.78, 5) is 38.0. The highest BCUT2D eigenvalue weighted by Gasteiger charge is 2.25. The van der Waals surface area contributed by atoms with Crippen LogP contribution in [-0.2, 0) is 14.4 Å². The van der Waals surface area contributed by atoms with Crippen molar-refractivity contribution in [1.29, 1.82) is 0 Å². The molecule has 0 aromatic rings. The molecular weight excluding hydrogens is 308 g/mol. The molecule has 11 nitrogen and oxygen atoms in total. The second kappa shape index (κ2) is 10.3. The predicted molar refractivity (Wildman–Crippen MR) is 82.1 cm³/mol. The molecule has 3 atom stereocenters. The fourth-order valence-electron chi connectivity index (χ4n) is 1.55. The van der Waals surface area contributed by atoms with Crippen molar-refractivity contribution in [2.24, 2.45) is 22.2 Å². The third-order valence-electron chi connectivity index (χ3n) is 2.81. The lowest BCUT2D eigenvalue weighted by molar-refractivity contribution is -0.138. The number of hydrogen-bond acceptors (Lipinski definition) is 6. The quantitative estimate of drug-likeness (QED) is 0.121. The van der Waals surface area contributed by atoms with Crippen LogP contribution in [0.4, 0.5) is 0 Å².